The van der Waals surface area contributed by atoms with Crippen molar-refractivity contribution < 1.29 is 23.9 Å². The average Bonchev–Trinajstić information content (AvgIpc) is 3.47. The number of benzene rings is 2. The van der Waals surface area contributed by atoms with Crippen LogP contribution >= 0.6 is 11.8 Å². The van der Waals surface area contributed by atoms with Crippen LogP contribution in [0.5, 0.6) is 0 Å². The molecule has 0 spiro atoms. The summed E-state index contributed by atoms with van der Waals surface area (Å²) in [5.74, 6) is -0.0568. The fraction of sp³-hybridized carbons (Fsp3) is 0.548. The van der Waals surface area contributed by atoms with Crippen molar-refractivity contribution in [2.75, 3.05) is 38.8 Å². The van der Waals surface area contributed by atoms with Gasteiger partial charge in [-0.05, 0) is 53.5 Å². The van der Waals surface area contributed by atoms with Crippen LogP contribution in [0.25, 0.3) is 10.8 Å². The van der Waals surface area contributed by atoms with E-state index in [0.717, 1.165) is 35.6 Å². The van der Waals surface area contributed by atoms with Gasteiger partial charge < -0.3 is 20.3 Å². The van der Waals surface area contributed by atoms with Crippen molar-refractivity contribution in [3.8, 4) is 0 Å². The highest BCUT2D eigenvalue weighted by Crippen LogP contribution is 2.22. The summed E-state index contributed by atoms with van der Waals surface area (Å²) >= 11 is 1.60. The molecule has 1 saturated heterocycles. The lowest BCUT2D eigenvalue weighted by atomic mass is 9.97. The van der Waals surface area contributed by atoms with E-state index in [1.807, 2.05) is 29.4 Å². The molecule has 2 aromatic carbocycles. The van der Waals surface area contributed by atoms with Crippen molar-refractivity contribution in [1.82, 2.24) is 20.4 Å². The third kappa shape index (κ3) is 9.19. The molecule has 3 rings (SSSR count). The topological polar surface area (TPSA) is 108 Å². The Morgan fingerprint density at radius 2 is 1.93 bits per heavy atom. The van der Waals surface area contributed by atoms with Crippen LogP contribution in [0, 0.1) is 5.92 Å². The van der Waals surface area contributed by atoms with Gasteiger partial charge in [0.2, 0.25) is 18.2 Å². The first-order valence-corrected chi connectivity index (χ1v) is 15.8. The van der Waals surface area contributed by atoms with E-state index >= 15 is 0 Å². The van der Waals surface area contributed by atoms with Crippen molar-refractivity contribution in [2.24, 2.45) is 5.92 Å². The van der Waals surface area contributed by atoms with Crippen LogP contribution in [0.1, 0.15) is 45.1 Å². The number of hydrogen-bond donors (Lipinski definition) is 2. The lowest BCUT2D eigenvalue weighted by Crippen LogP contribution is -2.53. The number of esters is 1. The summed E-state index contributed by atoms with van der Waals surface area (Å²) in [5, 5.41) is 8.29. The van der Waals surface area contributed by atoms with E-state index in [9.17, 15) is 19.2 Å². The maximum Gasteiger partial charge on any atom is 0.328 e. The molecule has 9 nitrogen and oxygen atoms in total. The summed E-state index contributed by atoms with van der Waals surface area (Å²) in [6, 6.07) is 12.8. The molecule has 3 amide bonds. The second-order valence-electron chi connectivity index (χ2n) is 10.7. The van der Waals surface area contributed by atoms with Crippen LogP contribution in [0.3, 0.4) is 0 Å². The van der Waals surface area contributed by atoms with Gasteiger partial charge in [0.1, 0.15) is 12.1 Å². The molecule has 3 unspecified atom stereocenters. The number of likely N-dealkylation sites (tertiary alicyclic amines) is 1. The number of nitrogens with zero attached hydrogens (tertiary/aromatic N) is 2. The number of fused-ring (bicyclic) bond motifs is 1. The van der Waals surface area contributed by atoms with Gasteiger partial charge in [0, 0.05) is 25.7 Å². The highest BCUT2D eigenvalue weighted by Gasteiger charge is 2.32. The lowest BCUT2D eigenvalue weighted by Gasteiger charge is -2.33. The van der Waals surface area contributed by atoms with Gasteiger partial charge >= 0.3 is 5.97 Å². The molecule has 1 heterocycles. The van der Waals surface area contributed by atoms with Gasteiger partial charge in [0.05, 0.1) is 13.7 Å². The maximum absolute atomic E-state index is 13.3. The van der Waals surface area contributed by atoms with E-state index in [0.29, 0.717) is 38.2 Å². The molecule has 2 aromatic rings. The Balaban J connectivity index is 1.85. The van der Waals surface area contributed by atoms with E-state index in [2.05, 4.69) is 48.7 Å². The van der Waals surface area contributed by atoms with Crippen LogP contribution in [0.4, 0.5) is 0 Å². The van der Waals surface area contributed by atoms with Gasteiger partial charge in [-0.2, -0.15) is 11.8 Å². The number of ether oxygens (including phenoxy) is 1. The van der Waals surface area contributed by atoms with Crippen molar-refractivity contribution >= 4 is 46.7 Å². The number of amides is 3. The zero-order valence-corrected chi connectivity index (χ0v) is 25.5. The van der Waals surface area contributed by atoms with Crippen LogP contribution < -0.4 is 10.6 Å². The van der Waals surface area contributed by atoms with Crippen molar-refractivity contribution in [3.63, 3.8) is 0 Å². The van der Waals surface area contributed by atoms with Gasteiger partial charge in [-0.3, -0.25) is 19.3 Å². The maximum atomic E-state index is 13.3. The Morgan fingerprint density at radius 3 is 2.63 bits per heavy atom. The first-order valence-electron chi connectivity index (χ1n) is 14.4. The summed E-state index contributed by atoms with van der Waals surface area (Å²) in [5.41, 5.74) is 1.07. The summed E-state index contributed by atoms with van der Waals surface area (Å²) < 4.78 is 4.93. The molecule has 4 atom stereocenters. The molecular weight excluding hydrogens is 540 g/mol. The molecule has 1 aliphatic rings. The Hall–Kier alpha value is -3.11. The first-order chi connectivity index (χ1) is 19.8. The number of carbonyl (C=O) groups excluding carboxylic acids is 4. The molecule has 2 N–H and O–H groups in total. The van der Waals surface area contributed by atoms with Crippen LogP contribution in [0.2, 0.25) is 0 Å². The van der Waals surface area contributed by atoms with Crippen molar-refractivity contribution in [2.45, 2.75) is 64.2 Å². The quantitative estimate of drug-likeness (QED) is 0.231. The van der Waals surface area contributed by atoms with E-state index in [1.54, 1.807) is 16.7 Å². The minimum atomic E-state index is -0.721. The van der Waals surface area contributed by atoms with Gasteiger partial charge in [-0.25, -0.2) is 4.79 Å². The number of hydrogen-bond acceptors (Lipinski definition) is 7. The molecule has 0 bridgehead atoms. The van der Waals surface area contributed by atoms with Crippen LogP contribution in [-0.4, -0.2) is 90.9 Å². The summed E-state index contributed by atoms with van der Waals surface area (Å²) in [6.07, 6.45) is 5.46. The Morgan fingerprint density at radius 1 is 1.17 bits per heavy atom. The van der Waals surface area contributed by atoms with Gasteiger partial charge in [-0.1, -0.05) is 62.7 Å². The molecule has 0 saturated carbocycles. The summed E-state index contributed by atoms with van der Waals surface area (Å²) in [7, 11) is 1.32. The lowest BCUT2D eigenvalue weighted by molar-refractivity contribution is -0.145. The molecule has 0 aliphatic carbocycles. The Labute approximate surface area is 247 Å². The third-order valence-corrected chi connectivity index (χ3v) is 8.56. The molecular formula is C31H44N4O5S. The third-order valence-electron chi connectivity index (χ3n) is 7.92. The number of carbonyl (C=O) groups is 4. The minimum Gasteiger partial charge on any atom is -0.467 e. The Bertz CT molecular complexity index is 1170. The molecule has 224 valence electrons. The first kappa shape index (κ1) is 32.4. The standard InChI is InChI=1S/C31H44N4O5S/c1-5-22(2)27(33-30(38)28-14-9-16-35(28)21-36)19-34(18-24-12-8-11-23-10-6-7-13-25(23)24)20-29(37)32-26(15-17-41-4)31(39)40-3/h6-8,10-13,21-22,26-28H,5,9,14-20H2,1-4H3,(H,32,37)(H,33,38)/t22?,26?,27?,28-/m0/s1. The average molecular weight is 585 g/mol. The van der Waals surface area contributed by atoms with Gasteiger partial charge in [0.15, 0.2) is 0 Å². The number of methoxy groups -OCH3 is 1. The monoisotopic (exact) mass is 584 g/mol. The number of rotatable bonds is 16. The van der Waals surface area contributed by atoms with Gasteiger partial charge in [0.25, 0.3) is 0 Å². The number of thioether (sulfide) groups is 1. The zero-order valence-electron chi connectivity index (χ0n) is 24.6. The smallest absolute Gasteiger partial charge is 0.328 e. The predicted octanol–water partition coefficient (Wildman–Crippen LogP) is 3.20. The van der Waals surface area contributed by atoms with Crippen molar-refractivity contribution in [1.29, 1.82) is 0 Å². The fourth-order valence-electron chi connectivity index (χ4n) is 5.33. The van der Waals surface area contributed by atoms with E-state index in [1.165, 1.54) is 7.11 Å². The van der Waals surface area contributed by atoms with Crippen molar-refractivity contribution in [3.05, 3.63) is 48.0 Å². The predicted molar refractivity (Wildman–Crippen MR) is 163 cm³/mol. The summed E-state index contributed by atoms with van der Waals surface area (Å²) in [6.45, 7) is 5.70. The normalized spacial score (nSPS) is 17.2. The Kier molecular flexibility index (Phi) is 12.9. The molecule has 0 aromatic heterocycles. The molecule has 0 radical (unpaired) electrons. The van der Waals surface area contributed by atoms with Gasteiger partial charge in [-0.15, -0.1) is 0 Å². The number of nitrogens with one attached hydrogen (secondary N) is 2. The molecule has 1 aliphatic heterocycles. The van der Waals surface area contributed by atoms with Crippen LogP contribution in [-0.2, 0) is 30.5 Å². The highest BCUT2D eigenvalue weighted by molar-refractivity contribution is 7.98. The van der Waals surface area contributed by atoms with E-state index in [4.69, 9.17) is 4.74 Å². The van der Waals surface area contributed by atoms with E-state index in [-0.39, 0.29) is 30.3 Å². The molecule has 1 fully saturated rings. The summed E-state index contributed by atoms with van der Waals surface area (Å²) in [4.78, 5) is 54.0. The highest BCUT2D eigenvalue weighted by atomic mass is 32.2. The molecule has 10 heteroatoms. The zero-order chi connectivity index (χ0) is 29.8. The fourth-order valence-corrected chi connectivity index (χ4v) is 5.80. The van der Waals surface area contributed by atoms with E-state index < -0.39 is 18.1 Å². The minimum absolute atomic E-state index is 0.0443. The largest absolute Gasteiger partial charge is 0.467 e. The molecule has 41 heavy (non-hydrogen) atoms. The second-order valence-corrected chi connectivity index (χ2v) is 11.7. The van der Waals surface area contributed by atoms with Crippen LogP contribution in [0.15, 0.2) is 42.5 Å². The second kappa shape index (κ2) is 16.4. The SMILES string of the molecule is CCC(C)C(CN(CC(=O)NC(CCSC)C(=O)OC)Cc1cccc2ccccc12)NC(=O)[C@@H]1CCCN1C=O.